The minimum Gasteiger partial charge on any atom is -0.398 e. The van der Waals surface area contributed by atoms with Gasteiger partial charge in [0.05, 0.1) is 12.3 Å². The number of anilines is 1. The molecular formula is C14H21FN2O3S. The maximum absolute atomic E-state index is 13.4. The standard InChI is InChI=1S/C14H21FN2O3S/c15-11-6-7-13(16)14(10-11)21(19,20)17(8-9-18)12-4-2-1-3-5-12/h6-7,10,12,18H,1-5,8-9,16H2. The van der Waals surface area contributed by atoms with Crippen LogP contribution in [-0.2, 0) is 10.0 Å². The highest BCUT2D eigenvalue weighted by molar-refractivity contribution is 7.89. The van der Waals surface area contributed by atoms with Gasteiger partial charge in [0.25, 0.3) is 0 Å². The van der Waals surface area contributed by atoms with Gasteiger partial charge in [-0.05, 0) is 31.0 Å². The lowest BCUT2D eigenvalue weighted by Gasteiger charge is -2.33. The molecule has 2 rings (SSSR count). The van der Waals surface area contributed by atoms with Crippen LogP contribution in [0, 0.1) is 5.82 Å². The number of rotatable bonds is 5. The van der Waals surface area contributed by atoms with E-state index in [-0.39, 0.29) is 29.8 Å². The summed E-state index contributed by atoms with van der Waals surface area (Å²) in [6.45, 7) is -0.270. The Morgan fingerprint density at radius 3 is 2.57 bits per heavy atom. The SMILES string of the molecule is Nc1ccc(F)cc1S(=O)(=O)N(CCO)C1CCCCC1. The average molecular weight is 316 g/mol. The van der Waals surface area contributed by atoms with Crippen LogP contribution in [0.15, 0.2) is 23.1 Å². The largest absolute Gasteiger partial charge is 0.398 e. The van der Waals surface area contributed by atoms with E-state index in [4.69, 9.17) is 5.73 Å². The van der Waals surface area contributed by atoms with Gasteiger partial charge in [0.2, 0.25) is 10.0 Å². The van der Waals surface area contributed by atoms with Crippen LogP contribution in [0.3, 0.4) is 0 Å². The molecule has 1 aliphatic rings. The molecule has 1 aromatic rings. The number of hydrogen-bond donors (Lipinski definition) is 2. The fraction of sp³-hybridized carbons (Fsp3) is 0.571. The molecule has 0 heterocycles. The summed E-state index contributed by atoms with van der Waals surface area (Å²) in [5, 5.41) is 9.19. The first-order valence-corrected chi connectivity index (χ1v) is 8.58. The maximum Gasteiger partial charge on any atom is 0.245 e. The van der Waals surface area contributed by atoms with Crippen molar-refractivity contribution < 1.29 is 17.9 Å². The maximum atomic E-state index is 13.4. The van der Waals surface area contributed by atoms with Gasteiger partial charge in [0.15, 0.2) is 0 Å². The molecule has 118 valence electrons. The second-order valence-corrected chi connectivity index (χ2v) is 7.17. The molecule has 1 fully saturated rings. The van der Waals surface area contributed by atoms with E-state index in [0.29, 0.717) is 0 Å². The predicted molar refractivity (Wildman–Crippen MR) is 78.7 cm³/mol. The van der Waals surface area contributed by atoms with E-state index in [9.17, 15) is 17.9 Å². The van der Waals surface area contributed by atoms with Crippen molar-refractivity contribution in [3.8, 4) is 0 Å². The van der Waals surface area contributed by atoms with E-state index in [0.717, 1.165) is 44.2 Å². The lowest BCUT2D eigenvalue weighted by atomic mass is 9.95. The minimum absolute atomic E-state index is 0.00293. The van der Waals surface area contributed by atoms with Crippen LogP contribution >= 0.6 is 0 Å². The molecule has 0 radical (unpaired) electrons. The number of aliphatic hydroxyl groups is 1. The Balaban J connectivity index is 2.39. The van der Waals surface area contributed by atoms with Gasteiger partial charge in [-0.25, -0.2) is 12.8 Å². The summed E-state index contributed by atoms with van der Waals surface area (Å²) in [7, 11) is -3.91. The first-order chi connectivity index (χ1) is 9.96. The third-order valence-electron chi connectivity index (χ3n) is 3.86. The zero-order valence-electron chi connectivity index (χ0n) is 11.8. The predicted octanol–water partition coefficient (Wildman–Crippen LogP) is 1.72. The minimum atomic E-state index is -3.91. The molecule has 7 heteroatoms. The molecule has 1 aliphatic carbocycles. The number of aliphatic hydroxyl groups excluding tert-OH is 1. The fourth-order valence-corrected chi connectivity index (χ4v) is 4.63. The number of sulfonamides is 1. The van der Waals surface area contributed by atoms with Gasteiger partial charge >= 0.3 is 0 Å². The van der Waals surface area contributed by atoms with E-state index >= 15 is 0 Å². The Labute approximate surface area is 124 Å². The van der Waals surface area contributed by atoms with Crippen LogP contribution < -0.4 is 5.73 Å². The molecule has 3 N–H and O–H groups in total. The van der Waals surface area contributed by atoms with Crippen molar-refractivity contribution in [2.75, 3.05) is 18.9 Å². The summed E-state index contributed by atoms with van der Waals surface area (Å²) in [6, 6.07) is 3.17. The first-order valence-electron chi connectivity index (χ1n) is 7.14. The molecule has 1 saturated carbocycles. The van der Waals surface area contributed by atoms with Crippen LogP contribution in [0.2, 0.25) is 0 Å². The molecule has 0 saturated heterocycles. The van der Waals surface area contributed by atoms with E-state index in [1.165, 1.54) is 10.4 Å². The third kappa shape index (κ3) is 3.53. The first kappa shape index (κ1) is 16.2. The molecule has 0 amide bonds. The Kier molecular flexibility index (Phi) is 5.18. The second-order valence-electron chi connectivity index (χ2n) is 5.31. The molecule has 0 unspecified atom stereocenters. The lowest BCUT2D eigenvalue weighted by Crippen LogP contribution is -2.43. The van der Waals surface area contributed by atoms with Crippen molar-refractivity contribution in [1.29, 1.82) is 0 Å². The van der Waals surface area contributed by atoms with Crippen LogP contribution in [0.25, 0.3) is 0 Å². The highest BCUT2D eigenvalue weighted by atomic mass is 32.2. The number of nitrogens with two attached hydrogens (primary N) is 1. The number of benzene rings is 1. The van der Waals surface area contributed by atoms with E-state index in [2.05, 4.69) is 0 Å². The number of nitrogens with zero attached hydrogens (tertiary/aromatic N) is 1. The fourth-order valence-electron chi connectivity index (χ4n) is 2.82. The van der Waals surface area contributed by atoms with E-state index in [1.807, 2.05) is 0 Å². The monoisotopic (exact) mass is 316 g/mol. The molecule has 5 nitrogen and oxygen atoms in total. The third-order valence-corrected chi connectivity index (χ3v) is 5.87. The van der Waals surface area contributed by atoms with Gasteiger partial charge < -0.3 is 10.8 Å². The lowest BCUT2D eigenvalue weighted by molar-refractivity contribution is 0.199. The van der Waals surface area contributed by atoms with Crippen LogP contribution in [0.1, 0.15) is 32.1 Å². The van der Waals surface area contributed by atoms with Crippen LogP contribution in [0.4, 0.5) is 10.1 Å². The number of halogens is 1. The highest BCUT2D eigenvalue weighted by Crippen LogP contribution is 2.30. The summed E-state index contributed by atoms with van der Waals surface area (Å²) in [6.07, 6.45) is 4.52. The Morgan fingerprint density at radius 1 is 1.29 bits per heavy atom. The molecular weight excluding hydrogens is 295 g/mol. The average Bonchev–Trinajstić information content (AvgIpc) is 2.48. The van der Waals surface area contributed by atoms with Gasteiger partial charge in [-0.3, -0.25) is 0 Å². The Bertz CT molecular complexity index is 586. The summed E-state index contributed by atoms with van der Waals surface area (Å²) in [5.41, 5.74) is 5.73. The van der Waals surface area contributed by atoms with Crippen molar-refractivity contribution in [3.05, 3.63) is 24.0 Å². The van der Waals surface area contributed by atoms with Crippen molar-refractivity contribution in [3.63, 3.8) is 0 Å². The molecule has 0 aromatic heterocycles. The highest BCUT2D eigenvalue weighted by Gasteiger charge is 2.33. The number of hydrogen-bond acceptors (Lipinski definition) is 4. The molecule has 0 spiro atoms. The molecule has 0 aliphatic heterocycles. The van der Waals surface area contributed by atoms with Gasteiger partial charge in [-0.15, -0.1) is 0 Å². The van der Waals surface area contributed by atoms with Crippen LogP contribution in [-0.4, -0.2) is 37.0 Å². The van der Waals surface area contributed by atoms with Gasteiger partial charge in [-0.1, -0.05) is 19.3 Å². The van der Waals surface area contributed by atoms with Crippen molar-refractivity contribution >= 4 is 15.7 Å². The van der Waals surface area contributed by atoms with E-state index < -0.39 is 15.8 Å². The number of nitrogen functional groups attached to an aromatic ring is 1. The summed E-state index contributed by atoms with van der Waals surface area (Å²) in [5.74, 6) is -0.643. The Morgan fingerprint density at radius 2 is 1.95 bits per heavy atom. The zero-order chi connectivity index (χ0) is 15.5. The van der Waals surface area contributed by atoms with E-state index in [1.54, 1.807) is 0 Å². The molecule has 1 aromatic carbocycles. The van der Waals surface area contributed by atoms with Crippen molar-refractivity contribution in [2.45, 2.75) is 43.0 Å². The summed E-state index contributed by atoms with van der Waals surface area (Å²) < 4.78 is 40.2. The summed E-state index contributed by atoms with van der Waals surface area (Å²) >= 11 is 0. The molecule has 21 heavy (non-hydrogen) atoms. The van der Waals surface area contributed by atoms with Crippen molar-refractivity contribution in [2.24, 2.45) is 0 Å². The quantitative estimate of drug-likeness (QED) is 0.810. The zero-order valence-corrected chi connectivity index (χ0v) is 12.7. The molecule has 0 atom stereocenters. The summed E-state index contributed by atoms with van der Waals surface area (Å²) in [4.78, 5) is -0.221. The van der Waals surface area contributed by atoms with Crippen LogP contribution in [0.5, 0.6) is 0 Å². The smallest absolute Gasteiger partial charge is 0.245 e. The van der Waals surface area contributed by atoms with Gasteiger partial charge in [0.1, 0.15) is 10.7 Å². The van der Waals surface area contributed by atoms with Gasteiger partial charge in [0, 0.05) is 12.6 Å². The molecule has 0 bridgehead atoms. The Hall–Kier alpha value is -1.18. The van der Waals surface area contributed by atoms with Gasteiger partial charge in [-0.2, -0.15) is 4.31 Å². The normalized spacial score (nSPS) is 17.3. The second kappa shape index (κ2) is 6.72. The van der Waals surface area contributed by atoms with Crippen molar-refractivity contribution in [1.82, 2.24) is 4.31 Å². The topological polar surface area (TPSA) is 83.6 Å².